The molecule has 0 heterocycles. The molecule has 0 rings (SSSR count). The minimum absolute atomic E-state index is 0.238. The lowest BCUT2D eigenvalue weighted by atomic mass is 9.91. The van der Waals surface area contributed by atoms with E-state index in [2.05, 4.69) is 6.58 Å². The first-order chi connectivity index (χ1) is 6.43. The van der Waals surface area contributed by atoms with Crippen LogP contribution in [0.4, 0.5) is 0 Å². The fraction of sp³-hybridized carbons (Fsp3) is 0.727. The van der Waals surface area contributed by atoms with Crippen LogP contribution in [0, 0.1) is 0 Å². The predicted octanol–water partition coefficient (Wildman–Crippen LogP) is 1.57. The average Bonchev–Trinajstić information content (AvgIpc) is 2.17. The van der Waals surface area contributed by atoms with Crippen LogP contribution in [0.15, 0.2) is 12.2 Å². The van der Waals surface area contributed by atoms with Crippen molar-refractivity contribution in [3.8, 4) is 0 Å². The Morgan fingerprint density at radius 1 is 1.36 bits per heavy atom. The number of likely N-dealkylation sites (N-methyl/N-ethyl adjacent to an activating group) is 1. The van der Waals surface area contributed by atoms with E-state index < -0.39 is 5.60 Å². The molecular weight excluding hydrogens is 178 g/mol. The molecule has 0 aliphatic carbocycles. The summed E-state index contributed by atoms with van der Waals surface area (Å²) in [4.78, 5) is 13.5. The van der Waals surface area contributed by atoms with Crippen LogP contribution in [-0.4, -0.2) is 34.6 Å². The number of carbonyl (C=O) groups excluding carboxylic acids is 1. The highest BCUT2D eigenvalue weighted by atomic mass is 16.3. The number of carbonyl (C=O) groups is 1. The van der Waals surface area contributed by atoms with Gasteiger partial charge in [-0.15, -0.1) is 0 Å². The van der Waals surface area contributed by atoms with Gasteiger partial charge in [0.2, 0.25) is 0 Å². The molecule has 0 aliphatic rings. The Morgan fingerprint density at radius 2 is 1.79 bits per heavy atom. The number of nitrogens with zero attached hydrogens (tertiary/aromatic N) is 1. The number of aliphatic hydroxyl groups is 1. The maximum atomic E-state index is 11.9. The van der Waals surface area contributed by atoms with Crippen molar-refractivity contribution in [3.05, 3.63) is 12.2 Å². The second-order valence-electron chi connectivity index (χ2n) is 3.47. The fourth-order valence-electron chi connectivity index (χ4n) is 1.41. The second-order valence-corrected chi connectivity index (χ2v) is 3.47. The molecule has 1 atom stereocenters. The van der Waals surface area contributed by atoms with Crippen LogP contribution in [0.25, 0.3) is 0 Å². The van der Waals surface area contributed by atoms with Gasteiger partial charge >= 0.3 is 0 Å². The van der Waals surface area contributed by atoms with Gasteiger partial charge in [0.15, 0.2) is 5.60 Å². The average molecular weight is 199 g/mol. The molecule has 0 aromatic rings. The number of amides is 1. The Hall–Kier alpha value is -0.830. The Morgan fingerprint density at radius 3 is 2.00 bits per heavy atom. The van der Waals surface area contributed by atoms with Gasteiger partial charge in [0.1, 0.15) is 0 Å². The lowest BCUT2D eigenvalue weighted by Crippen LogP contribution is -2.49. The quantitative estimate of drug-likeness (QED) is 0.683. The predicted molar refractivity (Wildman–Crippen MR) is 58.0 cm³/mol. The standard InChI is InChI=1S/C11H21NO2/c1-6-11(14,9(4)5)10(13)12(7-2)8-3/h14H,4,6-8H2,1-3,5H3/t11-/m1/s1. The molecular formula is C11H21NO2. The third-order valence-corrected chi connectivity index (χ3v) is 2.62. The zero-order valence-electron chi connectivity index (χ0n) is 9.63. The highest BCUT2D eigenvalue weighted by Gasteiger charge is 2.37. The summed E-state index contributed by atoms with van der Waals surface area (Å²) in [5.74, 6) is -0.238. The second kappa shape index (κ2) is 5.15. The fourth-order valence-corrected chi connectivity index (χ4v) is 1.41. The molecule has 0 fully saturated rings. The molecule has 0 aliphatic heterocycles. The first-order valence-electron chi connectivity index (χ1n) is 5.11. The van der Waals surface area contributed by atoms with Crippen molar-refractivity contribution in [2.75, 3.05) is 13.1 Å². The molecule has 3 nitrogen and oxygen atoms in total. The molecule has 0 unspecified atom stereocenters. The van der Waals surface area contributed by atoms with Gasteiger partial charge in [0.25, 0.3) is 5.91 Å². The molecule has 1 N–H and O–H groups in total. The van der Waals surface area contributed by atoms with Gasteiger partial charge in [-0.2, -0.15) is 0 Å². The zero-order chi connectivity index (χ0) is 11.4. The molecule has 1 amide bonds. The number of hydrogen-bond donors (Lipinski definition) is 1. The summed E-state index contributed by atoms with van der Waals surface area (Å²) in [6, 6.07) is 0. The van der Waals surface area contributed by atoms with Crippen LogP contribution in [0.1, 0.15) is 34.1 Å². The minimum atomic E-state index is -1.38. The summed E-state index contributed by atoms with van der Waals surface area (Å²) >= 11 is 0. The largest absolute Gasteiger partial charge is 0.376 e. The van der Waals surface area contributed by atoms with Crippen LogP contribution in [0.5, 0.6) is 0 Å². The van der Waals surface area contributed by atoms with Crippen LogP contribution in [0.3, 0.4) is 0 Å². The van der Waals surface area contributed by atoms with E-state index in [1.54, 1.807) is 18.7 Å². The molecule has 82 valence electrons. The van der Waals surface area contributed by atoms with E-state index in [1.807, 2.05) is 13.8 Å². The third-order valence-electron chi connectivity index (χ3n) is 2.62. The molecule has 0 bridgehead atoms. The van der Waals surface area contributed by atoms with Gasteiger partial charge in [0.05, 0.1) is 0 Å². The van der Waals surface area contributed by atoms with Crippen molar-refractivity contribution in [3.63, 3.8) is 0 Å². The Bertz CT molecular complexity index is 221. The first-order valence-corrected chi connectivity index (χ1v) is 5.11. The molecule has 0 radical (unpaired) electrons. The van der Waals surface area contributed by atoms with Crippen molar-refractivity contribution in [1.82, 2.24) is 4.90 Å². The van der Waals surface area contributed by atoms with Crippen LogP contribution in [0.2, 0.25) is 0 Å². The van der Waals surface area contributed by atoms with Gasteiger partial charge in [0, 0.05) is 13.1 Å². The Balaban J connectivity index is 4.86. The van der Waals surface area contributed by atoms with Crippen molar-refractivity contribution < 1.29 is 9.90 Å². The summed E-state index contributed by atoms with van der Waals surface area (Å²) < 4.78 is 0. The van der Waals surface area contributed by atoms with Gasteiger partial charge in [-0.05, 0) is 32.8 Å². The van der Waals surface area contributed by atoms with Gasteiger partial charge in [-0.3, -0.25) is 4.79 Å². The summed E-state index contributed by atoms with van der Waals surface area (Å²) in [5, 5.41) is 10.1. The lowest BCUT2D eigenvalue weighted by molar-refractivity contribution is -0.147. The molecule has 3 heteroatoms. The maximum absolute atomic E-state index is 11.9. The van der Waals surface area contributed by atoms with Crippen molar-refractivity contribution in [1.29, 1.82) is 0 Å². The van der Waals surface area contributed by atoms with Crippen LogP contribution >= 0.6 is 0 Å². The van der Waals surface area contributed by atoms with E-state index in [4.69, 9.17) is 0 Å². The van der Waals surface area contributed by atoms with E-state index in [-0.39, 0.29) is 5.91 Å². The number of hydrogen-bond acceptors (Lipinski definition) is 2. The minimum Gasteiger partial charge on any atom is -0.376 e. The summed E-state index contributed by atoms with van der Waals surface area (Å²) in [6.07, 6.45) is 0.373. The number of rotatable bonds is 5. The highest BCUT2D eigenvalue weighted by molar-refractivity contribution is 5.88. The van der Waals surface area contributed by atoms with Gasteiger partial charge in [-0.25, -0.2) is 0 Å². The van der Waals surface area contributed by atoms with E-state index in [0.29, 0.717) is 25.1 Å². The molecule has 0 aromatic heterocycles. The van der Waals surface area contributed by atoms with Crippen molar-refractivity contribution >= 4 is 5.91 Å². The monoisotopic (exact) mass is 199 g/mol. The topological polar surface area (TPSA) is 40.5 Å². The Kier molecular flexibility index (Phi) is 4.85. The maximum Gasteiger partial charge on any atom is 0.258 e. The summed E-state index contributed by atoms with van der Waals surface area (Å²) in [5.41, 5.74) is -0.872. The molecule has 0 spiro atoms. The van der Waals surface area contributed by atoms with Gasteiger partial charge in [-0.1, -0.05) is 13.5 Å². The van der Waals surface area contributed by atoms with Crippen molar-refractivity contribution in [2.24, 2.45) is 0 Å². The van der Waals surface area contributed by atoms with Crippen molar-refractivity contribution in [2.45, 2.75) is 39.7 Å². The first kappa shape index (κ1) is 13.2. The molecule has 0 saturated heterocycles. The molecule has 0 saturated carbocycles. The zero-order valence-corrected chi connectivity index (χ0v) is 9.63. The SMILES string of the molecule is C=C(C)[C@](O)(CC)C(=O)N(CC)CC. The molecule has 0 aromatic carbocycles. The lowest BCUT2D eigenvalue weighted by Gasteiger charge is -2.31. The Labute approximate surface area is 86.4 Å². The van der Waals surface area contributed by atoms with E-state index in [9.17, 15) is 9.90 Å². The third kappa shape index (κ3) is 2.35. The van der Waals surface area contributed by atoms with E-state index in [1.165, 1.54) is 0 Å². The smallest absolute Gasteiger partial charge is 0.258 e. The van der Waals surface area contributed by atoms with E-state index >= 15 is 0 Å². The van der Waals surface area contributed by atoms with E-state index in [0.717, 1.165) is 0 Å². The molecule has 14 heavy (non-hydrogen) atoms. The summed E-state index contributed by atoms with van der Waals surface area (Å²) in [7, 11) is 0. The van der Waals surface area contributed by atoms with Crippen LogP contribution in [-0.2, 0) is 4.79 Å². The summed E-state index contributed by atoms with van der Waals surface area (Å²) in [6.45, 7) is 12.2. The highest BCUT2D eigenvalue weighted by Crippen LogP contribution is 2.21. The van der Waals surface area contributed by atoms with Crippen LogP contribution < -0.4 is 0 Å². The van der Waals surface area contributed by atoms with Gasteiger partial charge < -0.3 is 10.0 Å². The normalized spacial score (nSPS) is 14.6.